The van der Waals surface area contributed by atoms with E-state index in [2.05, 4.69) is 47.5 Å². The van der Waals surface area contributed by atoms with Gasteiger partial charge in [-0.05, 0) is 69.1 Å². The van der Waals surface area contributed by atoms with Crippen molar-refractivity contribution < 1.29 is 0 Å². The van der Waals surface area contributed by atoms with Crippen LogP contribution in [0.15, 0.2) is 12.4 Å². The zero-order valence-corrected chi connectivity index (χ0v) is 16.4. The van der Waals surface area contributed by atoms with Crippen LogP contribution in [0.25, 0.3) is 0 Å². The maximum Gasteiger partial charge on any atom is 0.204 e. The molecule has 1 aromatic rings. The third-order valence-electron chi connectivity index (χ3n) is 6.31. The molecular formula is C24H32N2. The summed E-state index contributed by atoms with van der Waals surface area (Å²) in [6.45, 7) is 4.60. The first-order valence-electron chi connectivity index (χ1n) is 10.6. The molecule has 0 amide bonds. The second-order valence-electron chi connectivity index (χ2n) is 8.09. The van der Waals surface area contributed by atoms with Gasteiger partial charge in [0.25, 0.3) is 0 Å². The summed E-state index contributed by atoms with van der Waals surface area (Å²) in [5.74, 6) is 16.8. The summed E-state index contributed by atoms with van der Waals surface area (Å²) in [4.78, 5) is 8.79. The van der Waals surface area contributed by atoms with Crippen molar-refractivity contribution in [3.63, 3.8) is 0 Å². The van der Waals surface area contributed by atoms with Crippen LogP contribution < -0.4 is 0 Å². The van der Waals surface area contributed by atoms with Gasteiger partial charge < -0.3 is 0 Å². The Kier molecular flexibility index (Phi) is 7.13. The van der Waals surface area contributed by atoms with Gasteiger partial charge in [-0.1, -0.05) is 44.5 Å². The fraction of sp³-hybridized carbons (Fsp3) is 0.667. The summed E-state index contributed by atoms with van der Waals surface area (Å²) in [6.07, 6.45) is 16.6. The Morgan fingerprint density at radius 3 is 1.65 bits per heavy atom. The third-order valence-corrected chi connectivity index (χ3v) is 6.31. The van der Waals surface area contributed by atoms with E-state index < -0.39 is 0 Å². The Labute approximate surface area is 159 Å². The van der Waals surface area contributed by atoms with E-state index in [0.717, 1.165) is 17.4 Å². The van der Waals surface area contributed by atoms with Crippen LogP contribution in [0.5, 0.6) is 0 Å². The van der Waals surface area contributed by atoms with Gasteiger partial charge >= 0.3 is 0 Å². The minimum atomic E-state index is 0.527. The van der Waals surface area contributed by atoms with E-state index in [4.69, 9.17) is 0 Å². The van der Waals surface area contributed by atoms with Gasteiger partial charge in [-0.25, -0.2) is 9.97 Å². The van der Waals surface area contributed by atoms with E-state index in [-0.39, 0.29) is 0 Å². The number of hydrogen-bond donors (Lipinski definition) is 0. The van der Waals surface area contributed by atoms with Crippen molar-refractivity contribution in [2.75, 3.05) is 0 Å². The number of rotatable bonds is 2. The molecule has 0 unspecified atom stereocenters. The van der Waals surface area contributed by atoms with Crippen molar-refractivity contribution in [3.8, 4) is 23.7 Å². The van der Waals surface area contributed by atoms with Crippen LogP contribution in [0.3, 0.4) is 0 Å². The predicted molar refractivity (Wildman–Crippen MR) is 107 cm³/mol. The van der Waals surface area contributed by atoms with E-state index in [1.54, 1.807) is 0 Å². The Balaban J connectivity index is 1.50. The minimum absolute atomic E-state index is 0.527. The number of hydrogen-bond acceptors (Lipinski definition) is 2. The molecule has 0 bridgehead atoms. The average Bonchev–Trinajstić information content (AvgIpc) is 2.72. The van der Waals surface area contributed by atoms with Gasteiger partial charge in [0.05, 0.1) is 5.56 Å². The summed E-state index contributed by atoms with van der Waals surface area (Å²) in [7, 11) is 0. The molecule has 26 heavy (non-hydrogen) atoms. The molecule has 2 fully saturated rings. The highest BCUT2D eigenvalue weighted by molar-refractivity contribution is 5.32. The maximum atomic E-state index is 4.40. The Hall–Kier alpha value is -1.80. The highest BCUT2D eigenvalue weighted by Crippen LogP contribution is 2.30. The first kappa shape index (κ1) is 19.0. The maximum absolute atomic E-state index is 4.40. The van der Waals surface area contributed by atoms with Crippen LogP contribution in [0, 0.1) is 47.4 Å². The molecule has 2 aliphatic rings. The fourth-order valence-corrected chi connectivity index (χ4v) is 4.24. The number of aromatic nitrogens is 2. The van der Waals surface area contributed by atoms with Gasteiger partial charge in [-0.2, -0.15) is 0 Å². The van der Waals surface area contributed by atoms with Crippen LogP contribution >= 0.6 is 0 Å². The Morgan fingerprint density at radius 2 is 1.19 bits per heavy atom. The molecule has 2 nitrogen and oxygen atoms in total. The lowest BCUT2D eigenvalue weighted by Gasteiger charge is -2.24. The Morgan fingerprint density at radius 1 is 0.731 bits per heavy atom. The molecular weight excluding hydrogens is 316 g/mol. The smallest absolute Gasteiger partial charge is 0.204 e. The standard InChI is InChI=1S/C24H32N2/c1-3-19-5-9-21(10-6-19)13-14-23-17-25-24(26-18-23)16-15-22-11-7-20(4-2)8-12-22/h17-22H,3-12H2,1-2H3. The molecule has 0 aliphatic heterocycles. The molecule has 138 valence electrons. The molecule has 2 aliphatic carbocycles. The molecule has 2 heteroatoms. The lowest BCUT2D eigenvalue weighted by molar-refractivity contribution is 0.309. The molecule has 0 atom stereocenters. The molecule has 3 rings (SSSR count). The quantitative estimate of drug-likeness (QED) is 0.649. The summed E-state index contributed by atoms with van der Waals surface area (Å²) in [5, 5.41) is 0. The van der Waals surface area contributed by atoms with Crippen LogP contribution in [-0.4, -0.2) is 9.97 Å². The van der Waals surface area contributed by atoms with Gasteiger partial charge in [0.1, 0.15) is 0 Å². The van der Waals surface area contributed by atoms with Crippen LogP contribution in [-0.2, 0) is 0 Å². The van der Waals surface area contributed by atoms with Crippen molar-refractivity contribution in [2.24, 2.45) is 23.7 Å². The molecule has 2 saturated carbocycles. The lowest BCUT2D eigenvalue weighted by atomic mass is 9.81. The SMILES string of the molecule is CCC1CCC(C#Cc2cnc(C#CC3CCC(CC)CC3)nc2)CC1. The normalized spacial score (nSPS) is 28.4. The van der Waals surface area contributed by atoms with Gasteiger partial charge in [0.15, 0.2) is 0 Å². The molecule has 1 aromatic heterocycles. The predicted octanol–water partition coefficient (Wildman–Crippen LogP) is 5.61. The van der Waals surface area contributed by atoms with E-state index in [0.29, 0.717) is 17.7 Å². The molecule has 0 aromatic carbocycles. The summed E-state index contributed by atoms with van der Waals surface area (Å²) < 4.78 is 0. The third kappa shape index (κ3) is 5.60. The van der Waals surface area contributed by atoms with Crippen molar-refractivity contribution in [1.82, 2.24) is 9.97 Å². The van der Waals surface area contributed by atoms with E-state index in [1.807, 2.05) is 12.4 Å². The monoisotopic (exact) mass is 348 g/mol. The average molecular weight is 349 g/mol. The minimum Gasteiger partial charge on any atom is -0.228 e. The summed E-state index contributed by atoms with van der Waals surface area (Å²) >= 11 is 0. The van der Waals surface area contributed by atoms with Crippen LogP contribution in [0.4, 0.5) is 0 Å². The second-order valence-corrected chi connectivity index (χ2v) is 8.09. The Bertz CT molecular complexity index is 606. The highest BCUT2D eigenvalue weighted by Gasteiger charge is 2.19. The topological polar surface area (TPSA) is 25.8 Å². The van der Waals surface area contributed by atoms with Crippen LogP contribution in [0.1, 0.15) is 89.4 Å². The van der Waals surface area contributed by atoms with Gasteiger partial charge in [-0.3, -0.25) is 0 Å². The molecule has 0 spiro atoms. The highest BCUT2D eigenvalue weighted by atomic mass is 14.8. The van der Waals surface area contributed by atoms with Crippen LogP contribution in [0.2, 0.25) is 0 Å². The summed E-state index contributed by atoms with van der Waals surface area (Å²) in [5.41, 5.74) is 0.914. The van der Waals surface area contributed by atoms with E-state index in [1.165, 1.54) is 64.2 Å². The zero-order valence-electron chi connectivity index (χ0n) is 16.4. The van der Waals surface area contributed by atoms with Crippen molar-refractivity contribution >= 4 is 0 Å². The zero-order chi connectivity index (χ0) is 18.2. The molecule has 0 N–H and O–H groups in total. The van der Waals surface area contributed by atoms with Gasteiger partial charge in [-0.15, -0.1) is 0 Å². The van der Waals surface area contributed by atoms with Crippen molar-refractivity contribution in [1.29, 1.82) is 0 Å². The van der Waals surface area contributed by atoms with E-state index in [9.17, 15) is 0 Å². The van der Waals surface area contributed by atoms with Gasteiger partial charge in [0.2, 0.25) is 5.82 Å². The summed E-state index contributed by atoms with van der Waals surface area (Å²) in [6, 6.07) is 0. The second kappa shape index (κ2) is 9.78. The fourth-order valence-electron chi connectivity index (χ4n) is 4.24. The largest absolute Gasteiger partial charge is 0.228 e. The first-order chi connectivity index (χ1) is 12.8. The van der Waals surface area contributed by atoms with Crippen molar-refractivity contribution in [2.45, 2.75) is 78.1 Å². The number of nitrogens with zero attached hydrogens (tertiary/aromatic N) is 2. The lowest BCUT2D eigenvalue weighted by Crippen LogP contribution is -2.12. The van der Waals surface area contributed by atoms with Crippen molar-refractivity contribution in [3.05, 3.63) is 23.8 Å². The molecule has 0 radical (unpaired) electrons. The van der Waals surface area contributed by atoms with Gasteiger partial charge in [0, 0.05) is 24.2 Å². The molecule has 0 saturated heterocycles. The van der Waals surface area contributed by atoms with E-state index >= 15 is 0 Å². The molecule has 1 heterocycles. The first-order valence-corrected chi connectivity index (χ1v) is 10.6.